The molecule has 3 rings (SSSR count). The highest BCUT2D eigenvalue weighted by atomic mass is 79.9. The third kappa shape index (κ3) is 1.44. The first-order valence-corrected chi connectivity index (χ1v) is 6.01. The molecule has 1 aliphatic rings. The fourth-order valence-electron chi connectivity index (χ4n) is 2.14. The molecule has 2 heteroatoms. The summed E-state index contributed by atoms with van der Waals surface area (Å²) in [5, 5.41) is 0. The van der Waals surface area contributed by atoms with Gasteiger partial charge in [0.25, 0.3) is 0 Å². The molecule has 0 spiro atoms. The van der Waals surface area contributed by atoms with Gasteiger partial charge in [0.15, 0.2) is 0 Å². The van der Waals surface area contributed by atoms with Crippen molar-refractivity contribution in [1.29, 1.82) is 0 Å². The van der Waals surface area contributed by atoms with Crippen LogP contribution in [-0.4, -0.2) is 0 Å². The Morgan fingerprint density at radius 1 is 1.07 bits per heavy atom. The van der Waals surface area contributed by atoms with Gasteiger partial charge in [-0.25, -0.2) is 0 Å². The summed E-state index contributed by atoms with van der Waals surface area (Å²) in [7, 11) is 0. The van der Waals surface area contributed by atoms with Crippen LogP contribution in [0.1, 0.15) is 17.7 Å². The van der Waals surface area contributed by atoms with Crippen LogP contribution in [0.3, 0.4) is 0 Å². The lowest BCUT2D eigenvalue weighted by molar-refractivity contribution is 0.528. The van der Waals surface area contributed by atoms with Gasteiger partial charge in [-0.2, -0.15) is 0 Å². The highest BCUT2D eigenvalue weighted by Crippen LogP contribution is 2.39. The number of hydrogen-bond donors (Lipinski definition) is 0. The van der Waals surface area contributed by atoms with Crippen molar-refractivity contribution in [2.75, 3.05) is 0 Å². The number of aryl methyl sites for hydroxylation is 1. The van der Waals surface area contributed by atoms with E-state index in [1.807, 2.05) is 18.2 Å². The molecule has 0 amide bonds. The van der Waals surface area contributed by atoms with Crippen LogP contribution in [0.4, 0.5) is 0 Å². The van der Waals surface area contributed by atoms with E-state index in [1.165, 1.54) is 17.7 Å². The lowest BCUT2D eigenvalue weighted by atomic mass is 10.1. The van der Waals surface area contributed by atoms with Gasteiger partial charge in [-0.1, -0.05) is 30.3 Å². The smallest absolute Gasteiger partial charge is 0.148 e. The molecule has 1 heterocycles. The second-order valence-corrected chi connectivity index (χ2v) is 4.66. The average molecular weight is 263 g/mol. The van der Waals surface area contributed by atoms with Gasteiger partial charge < -0.3 is 4.42 Å². The maximum absolute atomic E-state index is 5.90. The molecule has 15 heavy (non-hydrogen) atoms. The minimum absolute atomic E-state index is 0.986. The third-order valence-corrected chi connectivity index (χ3v) is 3.73. The molecule has 0 aliphatic heterocycles. The third-order valence-electron chi connectivity index (χ3n) is 2.89. The number of fused-ring (bicyclic) bond motifs is 1. The van der Waals surface area contributed by atoms with Gasteiger partial charge in [0, 0.05) is 17.5 Å². The van der Waals surface area contributed by atoms with E-state index >= 15 is 0 Å². The molecule has 1 aliphatic carbocycles. The molecular formula is C13H11BrO. The van der Waals surface area contributed by atoms with Crippen LogP contribution in [0.25, 0.3) is 11.3 Å². The summed E-state index contributed by atoms with van der Waals surface area (Å²) in [4.78, 5) is 0. The summed E-state index contributed by atoms with van der Waals surface area (Å²) in [6, 6.07) is 10.3. The molecule has 0 fully saturated rings. The van der Waals surface area contributed by atoms with Gasteiger partial charge in [-0.3, -0.25) is 0 Å². The summed E-state index contributed by atoms with van der Waals surface area (Å²) >= 11 is 3.65. The second kappa shape index (κ2) is 3.53. The minimum atomic E-state index is 0.986. The molecular weight excluding hydrogens is 252 g/mol. The molecule has 0 atom stereocenters. The van der Waals surface area contributed by atoms with Gasteiger partial charge in [0.2, 0.25) is 0 Å². The van der Waals surface area contributed by atoms with Crippen molar-refractivity contribution in [3.8, 4) is 11.3 Å². The molecule has 0 saturated heterocycles. The summed E-state index contributed by atoms with van der Waals surface area (Å²) in [6.45, 7) is 0. The first-order chi connectivity index (χ1) is 7.36. The SMILES string of the molecule is Brc1c(-c2ccccc2)oc2c1CCC2. The molecule has 0 radical (unpaired) electrons. The van der Waals surface area contributed by atoms with E-state index in [2.05, 4.69) is 28.1 Å². The first kappa shape index (κ1) is 9.22. The molecule has 1 aromatic heterocycles. The highest BCUT2D eigenvalue weighted by Gasteiger charge is 2.22. The van der Waals surface area contributed by atoms with Gasteiger partial charge in [-0.05, 0) is 28.8 Å². The fourth-order valence-corrected chi connectivity index (χ4v) is 2.87. The fraction of sp³-hybridized carbons (Fsp3) is 0.231. The Kier molecular flexibility index (Phi) is 2.17. The Hall–Kier alpha value is -1.02. The second-order valence-electron chi connectivity index (χ2n) is 3.87. The average Bonchev–Trinajstić information content (AvgIpc) is 2.83. The number of benzene rings is 1. The van der Waals surface area contributed by atoms with Crippen molar-refractivity contribution in [2.24, 2.45) is 0 Å². The summed E-state index contributed by atoms with van der Waals surface area (Å²) in [5.41, 5.74) is 2.52. The lowest BCUT2D eigenvalue weighted by Crippen LogP contribution is -1.78. The normalized spacial score (nSPS) is 14.2. The van der Waals surface area contributed by atoms with E-state index in [9.17, 15) is 0 Å². The van der Waals surface area contributed by atoms with Crippen LogP contribution in [0, 0.1) is 0 Å². The zero-order valence-corrected chi connectivity index (χ0v) is 9.88. The van der Waals surface area contributed by atoms with E-state index in [0.29, 0.717) is 0 Å². The summed E-state index contributed by atoms with van der Waals surface area (Å²) in [6.07, 6.45) is 3.45. The van der Waals surface area contributed by atoms with Crippen LogP contribution in [0.5, 0.6) is 0 Å². The Labute approximate surface area is 97.2 Å². The zero-order valence-electron chi connectivity index (χ0n) is 8.29. The lowest BCUT2D eigenvalue weighted by Gasteiger charge is -1.98. The monoisotopic (exact) mass is 262 g/mol. The maximum Gasteiger partial charge on any atom is 0.148 e. The topological polar surface area (TPSA) is 13.1 Å². The largest absolute Gasteiger partial charge is 0.460 e. The predicted molar refractivity (Wildman–Crippen MR) is 63.9 cm³/mol. The Bertz CT molecular complexity index is 485. The number of hydrogen-bond acceptors (Lipinski definition) is 1. The van der Waals surface area contributed by atoms with Gasteiger partial charge in [0.05, 0.1) is 4.47 Å². The van der Waals surface area contributed by atoms with E-state index in [-0.39, 0.29) is 0 Å². The summed E-state index contributed by atoms with van der Waals surface area (Å²) < 4.78 is 7.05. The van der Waals surface area contributed by atoms with Gasteiger partial charge in [-0.15, -0.1) is 0 Å². The van der Waals surface area contributed by atoms with Crippen molar-refractivity contribution in [2.45, 2.75) is 19.3 Å². The summed E-state index contributed by atoms with van der Waals surface area (Å²) in [5.74, 6) is 2.15. The standard InChI is InChI=1S/C13H11BrO/c14-12-10-7-4-8-11(10)15-13(12)9-5-2-1-3-6-9/h1-3,5-6H,4,7-8H2. The van der Waals surface area contributed by atoms with Crippen molar-refractivity contribution in [3.05, 3.63) is 46.1 Å². The number of rotatable bonds is 1. The van der Waals surface area contributed by atoms with E-state index < -0.39 is 0 Å². The molecule has 0 N–H and O–H groups in total. The quantitative estimate of drug-likeness (QED) is 0.751. The van der Waals surface area contributed by atoms with Crippen molar-refractivity contribution >= 4 is 15.9 Å². The molecule has 1 nitrogen and oxygen atoms in total. The van der Waals surface area contributed by atoms with E-state index in [0.717, 1.165) is 28.6 Å². The zero-order chi connectivity index (χ0) is 10.3. The predicted octanol–water partition coefficient (Wildman–Crippen LogP) is 4.20. The van der Waals surface area contributed by atoms with Crippen LogP contribution < -0.4 is 0 Å². The Balaban J connectivity index is 2.14. The van der Waals surface area contributed by atoms with Crippen molar-refractivity contribution < 1.29 is 4.42 Å². The molecule has 0 unspecified atom stereocenters. The van der Waals surface area contributed by atoms with Crippen LogP contribution in [0.15, 0.2) is 39.2 Å². The molecule has 76 valence electrons. The minimum Gasteiger partial charge on any atom is -0.460 e. The first-order valence-electron chi connectivity index (χ1n) is 5.22. The number of furan rings is 1. The van der Waals surface area contributed by atoms with E-state index in [4.69, 9.17) is 4.42 Å². The van der Waals surface area contributed by atoms with Gasteiger partial charge in [0.1, 0.15) is 11.5 Å². The number of halogens is 1. The highest BCUT2D eigenvalue weighted by molar-refractivity contribution is 9.10. The van der Waals surface area contributed by atoms with Crippen LogP contribution in [0.2, 0.25) is 0 Å². The van der Waals surface area contributed by atoms with Crippen LogP contribution >= 0.6 is 15.9 Å². The van der Waals surface area contributed by atoms with E-state index in [1.54, 1.807) is 0 Å². The Morgan fingerprint density at radius 3 is 2.60 bits per heavy atom. The molecule has 0 saturated carbocycles. The Morgan fingerprint density at radius 2 is 1.87 bits per heavy atom. The van der Waals surface area contributed by atoms with Crippen molar-refractivity contribution in [1.82, 2.24) is 0 Å². The van der Waals surface area contributed by atoms with Gasteiger partial charge >= 0.3 is 0 Å². The van der Waals surface area contributed by atoms with Crippen molar-refractivity contribution in [3.63, 3.8) is 0 Å². The molecule has 1 aromatic carbocycles. The maximum atomic E-state index is 5.90. The van der Waals surface area contributed by atoms with Crippen LogP contribution in [-0.2, 0) is 12.8 Å². The molecule has 0 bridgehead atoms. The molecule has 2 aromatic rings.